The van der Waals surface area contributed by atoms with Gasteiger partial charge in [0.1, 0.15) is 6.04 Å². The molecule has 0 aliphatic rings. The molecule has 1 aromatic heterocycles. The summed E-state index contributed by atoms with van der Waals surface area (Å²) in [6.45, 7) is 1.90. The van der Waals surface area contributed by atoms with E-state index < -0.39 is 12.1 Å². The van der Waals surface area contributed by atoms with Crippen LogP contribution in [0.3, 0.4) is 0 Å². The SMILES string of the molecule is COC(=O)NC(Cc1ccccc1)C(=O)Nc1ncc(C)s1. The lowest BCUT2D eigenvalue weighted by molar-refractivity contribution is -0.118. The van der Waals surface area contributed by atoms with E-state index in [9.17, 15) is 9.59 Å². The minimum Gasteiger partial charge on any atom is -0.453 e. The highest BCUT2D eigenvalue weighted by molar-refractivity contribution is 7.15. The molecule has 0 radical (unpaired) electrons. The Morgan fingerprint density at radius 1 is 1.32 bits per heavy atom. The van der Waals surface area contributed by atoms with Crippen LogP contribution in [-0.2, 0) is 16.0 Å². The van der Waals surface area contributed by atoms with Gasteiger partial charge in [0, 0.05) is 17.5 Å². The van der Waals surface area contributed by atoms with Gasteiger partial charge in [0.15, 0.2) is 5.13 Å². The first kappa shape index (κ1) is 16.0. The molecular formula is C15H17N3O3S. The normalized spacial score (nSPS) is 11.5. The summed E-state index contributed by atoms with van der Waals surface area (Å²) in [7, 11) is 1.26. The standard InChI is InChI=1S/C15H17N3O3S/c1-10-9-16-14(22-10)18-13(19)12(17-15(20)21-2)8-11-6-4-3-5-7-11/h3-7,9,12H,8H2,1-2H3,(H,17,20)(H,16,18,19). The van der Waals surface area contributed by atoms with Gasteiger partial charge in [-0.2, -0.15) is 0 Å². The van der Waals surface area contributed by atoms with Crippen molar-refractivity contribution in [3.8, 4) is 0 Å². The Kier molecular flexibility index (Phi) is 5.48. The molecule has 0 bridgehead atoms. The van der Waals surface area contributed by atoms with Gasteiger partial charge in [0.05, 0.1) is 7.11 Å². The smallest absolute Gasteiger partial charge is 0.407 e. The molecule has 22 heavy (non-hydrogen) atoms. The van der Waals surface area contributed by atoms with Crippen LogP contribution in [0.25, 0.3) is 0 Å². The highest BCUT2D eigenvalue weighted by Crippen LogP contribution is 2.17. The number of nitrogens with one attached hydrogen (secondary N) is 2. The van der Waals surface area contributed by atoms with Gasteiger partial charge < -0.3 is 15.4 Å². The molecule has 1 heterocycles. The summed E-state index contributed by atoms with van der Waals surface area (Å²) >= 11 is 1.38. The Bertz CT molecular complexity index is 642. The molecule has 7 heteroatoms. The monoisotopic (exact) mass is 319 g/mol. The number of alkyl carbamates (subject to hydrolysis) is 1. The van der Waals surface area contributed by atoms with E-state index in [4.69, 9.17) is 0 Å². The first-order chi connectivity index (χ1) is 10.6. The molecule has 2 N–H and O–H groups in total. The Hall–Kier alpha value is -2.41. The van der Waals surface area contributed by atoms with Crippen LogP contribution in [0, 0.1) is 6.92 Å². The van der Waals surface area contributed by atoms with E-state index in [1.807, 2.05) is 37.3 Å². The van der Waals surface area contributed by atoms with Crippen molar-refractivity contribution >= 4 is 28.5 Å². The molecule has 0 saturated heterocycles. The zero-order chi connectivity index (χ0) is 15.9. The zero-order valence-electron chi connectivity index (χ0n) is 12.3. The molecular weight excluding hydrogens is 302 g/mol. The van der Waals surface area contributed by atoms with Crippen molar-refractivity contribution < 1.29 is 14.3 Å². The number of amides is 2. The van der Waals surface area contributed by atoms with Crippen LogP contribution in [0.5, 0.6) is 0 Å². The second-order valence-corrected chi connectivity index (χ2v) is 5.88. The fraction of sp³-hybridized carbons (Fsp3) is 0.267. The number of hydrogen-bond acceptors (Lipinski definition) is 5. The molecule has 0 aliphatic heterocycles. The van der Waals surface area contributed by atoms with E-state index in [0.29, 0.717) is 11.6 Å². The molecule has 1 aromatic carbocycles. The number of carbonyl (C=O) groups is 2. The molecule has 1 atom stereocenters. The van der Waals surface area contributed by atoms with Gasteiger partial charge in [-0.3, -0.25) is 4.79 Å². The first-order valence-electron chi connectivity index (χ1n) is 6.70. The van der Waals surface area contributed by atoms with E-state index in [0.717, 1.165) is 10.4 Å². The zero-order valence-corrected chi connectivity index (χ0v) is 13.1. The molecule has 0 saturated carbocycles. The van der Waals surface area contributed by atoms with Gasteiger partial charge in [-0.15, -0.1) is 11.3 Å². The second kappa shape index (κ2) is 7.56. The number of methoxy groups -OCH3 is 1. The second-order valence-electron chi connectivity index (χ2n) is 4.64. The number of thiazole rings is 1. The van der Waals surface area contributed by atoms with Gasteiger partial charge in [-0.25, -0.2) is 9.78 Å². The number of carbonyl (C=O) groups excluding carboxylic acids is 2. The van der Waals surface area contributed by atoms with Crippen molar-refractivity contribution in [2.75, 3.05) is 12.4 Å². The summed E-state index contributed by atoms with van der Waals surface area (Å²) in [6.07, 6.45) is 1.40. The van der Waals surface area contributed by atoms with Crippen molar-refractivity contribution in [2.45, 2.75) is 19.4 Å². The quantitative estimate of drug-likeness (QED) is 0.886. The summed E-state index contributed by atoms with van der Waals surface area (Å²) in [6, 6.07) is 8.71. The number of rotatable bonds is 5. The van der Waals surface area contributed by atoms with Crippen LogP contribution in [0.15, 0.2) is 36.5 Å². The lowest BCUT2D eigenvalue weighted by Gasteiger charge is -2.17. The van der Waals surface area contributed by atoms with Crippen LogP contribution < -0.4 is 10.6 Å². The molecule has 0 fully saturated rings. The fourth-order valence-electron chi connectivity index (χ4n) is 1.87. The van der Waals surface area contributed by atoms with Crippen molar-refractivity contribution in [3.05, 3.63) is 47.0 Å². The van der Waals surface area contributed by atoms with E-state index in [1.165, 1.54) is 18.4 Å². The Morgan fingerprint density at radius 2 is 2.05 bits per heavy atom. The number of hydrogen-bond donors (Lipinski definition) is 2. The third-order valence-electron chi connectivity index (χ3n) is 2.93. The summed E-state index contributed by atoms with van der Waals surface area (Å²) in [5, 5.41) is 5.76. The molecule has 2 amide bonds. The Labute approximate surface area is 132 Å². The number of benzene rings is 1. The number of aromatic nitrogens is 1. The third kappa shape index (κ3) is 4.56. The van der Waals surface area contributed by atoms with Gasteiger partial charge >= 0.3 is 6.09 Å². The Balaban J connectivity index is 2.08. The molecule has 1 unspecified atom stereocenters. The minimum absolute atomic E-state index is 0.330. The van der Waals surface area contributed by atoms with Crippen LogP contribution in [0.4, 0.5) is 9.93 Å². The molecule has 2 aromatic rings. The highest BCUT2D eigenvalue weighted by atomic mass is 32.1. The van der Waals surface area contributed by atoms with Crippen molar-refractivity contribution in [1.82, 2.24) is 10.3 Å². The van der Waals surface area contributed by atoms with Crippen molar-refractivity contribution in [1.29, 1.82) is 0 Å². The largest absolute Gasteiger partial charge is 0.453 e. The van der Waals surface area contributed by atoms with E-state index in [2.05, 4.69) is 20.4 Å². The fourth-order valence-corrected chi connectivity index (χ4v) is 2.53. The molecule has 6 nitrogen and oxygen atoms in total. The summed E-state index contributed by atoms with van der Waals surface area (Å²) < 4.78 is 4.58. The Morgan fingerprint density at radius 3 is 2.64 bits per heavy atom. The van der Waals surface area contributed by atoms with Crippen LogP contribution >= 0.6 is 11.3 Å². The maximum Gasteiger partial charge on any atom is 0.407 e. The summed E-state index contributed by atoms with van der Waals surface area (Å²) in [5.74, 6) is -0.330. The van der Waals surface area contributed by atoms with Crippen LogP contribution in [-0.4, -0.2) is 30.1 Å². The number of ether oxygens (including phenoxy) is 1. The predicted molar refractivity (Wildman–Crippen MR) is 85.0 cm³/mol. The van der Waals surface area contributed by atoms with Gasteiger partial charge in [0.25, 0.3) is 0 Å². The van der Waals surface area contributed by atoms with E-state index >= 15 is 0 Å². The highest BCUT2D eigenvalue weighted by Gasteiger charge is 2.22. The lowest BCUT2D eigenvalue weighted by atomic mass is 10.1. The maximum atomic E-state index is 12.4. The number of nitrogens with zero attached hydrogens (tertiary/aromatic N) is 1. The van der Waals surface area contributed by atoms with Crippen LogP contribution in [0.1, 0.15) is 10.4 Å². The lowest BCUT2D eigenvalue weighted by Crippen LogP contribution is -2.45. The van der Waals surface area contributed by atoms with E-state index in [-0.39, 0.29) is 5.91 Å². The van der Waals surface area contributed by atoms with Gasteiger partial charge in [0.2, 0.25) is 5.91 Å². The maximum absolute atomic E-state index is 12.4. The topological polar surface area (TPSA) is 80.3 Å². The molecule has 0 aliphatic carbocycles. The minimum atomic E-state index is -0.737. The molecule has 116 valence electrons. The predicted octanol–water partition coefficient (Wildman–Crippen LogP) is 2.36. The van der Waals surface area contributed by atoms with Crippen molar-refractivity contribution in [3.63, 3.8) is 0 Å². The average Bonchev–Trinajstić information content (AvgIpc) is 2.92. The van der Waals surface area contributed by atoms with Crippen molar-refractivity contribution in [2.24, 2.45) is 0 Å². The summed E-state index contributed by atoms with van der Waals surface area (Å²) in [4.78, 5) is 28.9. The third-order valence-corrected chi connectivity index (χ3v) is 3.76. The molecule has 2 rings (SSSR count). The average molecular weight is 319 g/mol. The number of anilines is 1. The number of aryl methyl sites for hydroxylation is 1. The first-order valence-corrected chi connectivity index (χ1v) is 7.52. The van der Waals surface area contributed by atoms with Crippen LogP contribution in [0.2, 0.25) is 0 Å². The molecule has 0 spiro atoms. The van der Waals surface area contributed by atoms with E-state index in [1.54, 1.807) is 6.20 Å². The van der Waals surface area contributed by atoms with Gasteiger partial charge in [-0.1, -0.05) is 30.3 Å². The summed E-state index contributed by atoms with van der Waals surface area (Å²) in [5.41, 5.74) is 0.939. The van der Waals surface area contributed by atoms with Gasteiger partial charge in [-0.05, 0) is 12.5 Å².